The molecule has 120 valence electrons. The molecule has 1 aliphatic rings. The fraction of sp³-hybridized carbons (Fsp3) is 0.294. The van der Waals surface area contributed by atoms with Crippen LogP contribution in [0.25, 0.3) is 0 Å². The average molecular weight is 332 g/mol. The molecule has 2 N–H and O–H groups in total. The van der Waals surface area contributed by atoms with Crippen LogP contribution in [0.2, 0.25) is 5.02 Å². The predicted molar refractivity (Wildman–Crippen MR) is 90.0 cm³/mol. The summed E-state index contributed by atoms with van der Waals surface area (Å²) in [5.74, 6) is 1.83. The van der Waals surface area contributed by atoms with Gasteiger partial charge in [-0.1, -0.05) is 11.6 Å². The van der Waals surface area contributed by atoms with E-state index >= 15 is 0 Å². The van der Waals surface area contributed by atoms with Gasteiger partial charge in [-0.15, -0.1) is 0 Å². The van der Waals surface area contributed by atoms with E-state index in [1.807, 2.05) is 0 Å². The van der Waals surface area contributed by atoms with Crippen molar-refractivity contribution in [3.05, 3.63) is 47.6 Å². The van der Waals surface area contributed by atoms with Crippen LogP contribution < -0.4 is 15.4 Å². The van der Waals surface area contributed by atoms with Crippen molar-refractivity contribution in [1.29, 1.82) is 0 Å². The van der Waals surface area contributed by atoms with E-state index in [9.17, 15) is 4.79 Å². The van der Waals surface area contributed by atoms with Gasteiger partial charge >= 0.3 is 0 Å². The highest BCUT2D eigenvalue weighted by atomic mass is 35.5. The molecule has 1 amide bonds. The van der Waals surface area contributed by atoms with Gasteiger partial charge in [0.25, 0.3) is 0 Å². The van der Waals surface area contributed by atoms with E-state index in [4.69, 9.17) is 16.3 Å². The lowest BCUT2D eigenvalue weighted by atomic mass is 10.3. The number of ether oxygens (including phenoxy) is 1. The minimum Gasteiger partial charge on any atom is -0.439 e. The molecule has 0 saturated heterocycles. The third-order valence-electron chi connectivity index (χ3n) is 3.48. The van der Waals surface area contributed by atoms with Gasteiger partial charge in [-0.3, -0.25) is 4.79 Å². The van der Waals surface area contributed by atoms with Gasteiger partial charge in [0.15, 0.2) is 0 Å². The van der Waals surface area contributed by atoms with E-state index in [1.165, 1.54) is 19.0 Å². The summed E-state index contributed by atoms with van der Waals surface area (Å²) in [5, 5.41) is 6.57. The second-order valence-corrected chi connectivity index (χ2v) is 6.00. The number of rotatable bonds is 7. The number of nitrogens with zero attached hydrogens (tertiary/aromatic N) is 1. The largest absolute Gasteiger partial charge is 0.439 e. The standard InChI is InChI=1S/C17H18ClN3O2/c18-13-3-8-17(20-10-13)23-15-6-4-14(5-7-15)21-16(22)11-19-9-12-1-2-12/h3-8,10,12,19H,1-2,9,11H2,(H,21,22). The Hall–Kier alpha value is -2.11. The Morgan fingerprint density at radius 3 is 2.65 bits per heavy atom. The second-order valence-electron chi connectivity index (χ2n) is 5.56. The number of carbonyl (C=O) groups excluding carboxylic acids is 1. The lowest BCUT2D eigenvalue weighted by Gasteiger charge is -2.08. The molecule has 1 fully saturated rings. The molecule has 1 aromatic carbocycles. The highest BCUT2D eigenvalue weighted by Gasteiger charge is 2.20. The molecule has 0 radical (unpaired) electrons. The summed E-state index contributed by atoms with van der Waals surface area (Å²) in [5.41, 5.74) is 0.736. The normalized spacial score (nSPS) is 13.6. The molecule has 1 aromatic heterocycles. The van der Waals surface area contributed by atoms with Crippen LogP contribution in [0, 0.1) is 5.92 Å². The van der Waals surface area contributed by atoms with E-state index in [-0.39, 0.29) is 5.91 Å². The number of aromatic nitrogens is 1. The number of carbonyl (C=O) groups is 1. The van der Waals surface area contributed by atoms with Gasteiger partial charge < -0.3 is 15.4 Å². The molecule has 23 heavy (non-hydrogen) atoms. The Morgan fingerprint density at radius 1 is 1.22 bits per heavy atom. The number of benzene rings is 1. The van der Waals surface area contributed by atoms with Crippen molar-refractivity contribution >= 4 is 23.2 Å². The summed E-state index contributed by atoms with van der Waals surface area (Å²) >= 11 is 5.78. The highest BCUT2D eigenvalue weighted by Crippen LogP contribution is 2.27. The molecule has 2 aromatic rings. The third-order valence-corrected chi connectivity index (χ3v) is 3.70. The molecule has 1 saturated carbocycles. The molecule has 1 aliphatic carbocycles. The zero-order valence-electron chi connectivity index (χ0n) is 12.6. The highest BCUT2D eigenvalue weighted by molar-refractivity contribution is 6.30. The molecule has 5 nitrogen and oxygen atoms in total. The maximum atomic E-state index is 11.8. The molecule has 0 aliphatic heterocycles. The van der Waals surface area contributed by atoms with Crippen LogP contribution in [-0.4, -0.2) is 24.0 Å². The SMILES string of the molecule is O=C(CNCC1CC1)Nc1ccc(Oc2ccc(Cl)cn2)cc1. The maximum Gasteiger partial charge on any atom is 0.238 e. The molecule has 0 spiro atoms. The lowest BCUT2D eigenvalue weighted by molar-refractivity contribution is -0.115. The van der Waals surface area contributed by atoms with Crippen LogP contribution in [0.5, 0.6) is 11.6 Å². The van der Waals surface area contributed by atoms with Crippen molar-refractivity contribution in [3.63, 3.8) is 0 Å². The predicted octanol–water partition coefficient (Wildman–Crippen LogP) is 3.47. The summed E-state index contributed by atoms with van der Waals surface area (Å²) in [6.45, 7) is 1.26. The van der Waals surface area contributed by atoms with E-state index in [1.54, 1.807) is 36.4 Å². The van der Waals surface area contributed by atoms with Gasteiger partial charge in [0.2, 0.25) is 11.8 Å². The topological polar surface area (TPSA) is 63.2 Å². The van der Waals surface area contributed by atoms with Crippen molar-refractivity contribution in [1.82, 2.24) is 10.3 Å². The molecule has 3 rings (SSSR count). The Kier molecular flexibility index (Phi) is 5.10. The van der Waals surface area contributed by atoms with Crippen LogP contribution in [0.1, 0.15) is 12.8 Å². The van der Waals surface area contributed by atoms with Gasteiger partial charge in [-0.25, -0.2) is 4.98 Å². The first-order valence-corrected chi connectivity index (χ1v) is 7.97. The molecule has 1 heterocycles. The zero-order valence-corrected chi connectivity index (χ0v) is 13.3. The van der Waals surface area contributed by atoms with Crippen molar-refractivity contribution < 1.29 is 9.53 Å². The van der Waals surface area contributed by atoms with Gasteiger partial charge in [0, 0.05) is 18.0 Å². The fourth-order valence-corrected chi connectivity index (χ4v) is 2.18. The summed E-state index contributed by atoms with van der Waals surface area (Å²) < 4.78 is 5.60. The number of anilines is 1. The third kappa shape index (κ3) is 5.23. The Morgan fingerprint density at radius 2 is 2.00 bits per heavy atom. The summed E-state index contributed by atoms with van der Waals surface area (Å²) in [7, 11) is 0. The molecule has 0 bridgehead atoms. The molecule has 0 atom stereocenters. The Bertz CT molecular complexity index is 655. The molecular weight excluding hydrogens is 314 g/mol. The first-order chi connectivity index (χ1) is 11.2. The molecular formula is C17H18ClN3O2. The van der Waals surface area contributed by atoms with Gasteiger partial charge in [-0.2, -0.15) is 0 Å². The van der Waals surface area contributed by atoms with Crippen LogP contribution in [0.15, 0.2) is 42.6 Å². The van der Waals surface area contributed by atoms with Crippen LogP contribution in [-0.2, 0) is 4.79 Å². The number of hydrogen-bond acceptors (Lipinski definition) is 4. The minimum absolute atomic E-state index is 0.0429. The van der Waals surface area contributed by atoms with Gasteiger partial charge in [-0.05, 0) is 55.6 Å². The number of nitrogens with one attached hydrogen (secondary N) is 2. The number of hydrogen-bond donors (Lipinski definition) is 2. The van der Waals surface area contributed by atoms with E-state index in [2.05, 4.69) is 15.6 Å². The maximum absolute atomic E-state index is 11.8. The van der Waals surface area contributed by atoms with Crippen LogP contribution >= 0.6 is 11.6 Å². The number of amides is 1. The van der Waals surface area contributed by atoms with Crippen molar-refractivity contribution in [2.24, 2.45) is 5.92 Å². The Balaban J connectivity index is 1.47. The van der Waals surface area contributed by atoms with E-state index < -0.39 is 0 Å². The first kappa shape index (κ1) is 15.8. The summed E-state index contributed by atoms with van der Waals surface area (Å²) in [6.07, 6.45) is 4.08. The monoisotopic (exact) mass is 331 g/mol. The first-order valence-electron chi connectivity index (χ1n) is 7.59. The van der Waals surface area contributed by atoms with Gasteiger partial charge in [0.1, 0.15) is 5.75 Å². The van der Waals surface area contributed by atoms with Crippen LogP contribution in [0.4, 0.5) is 5.69 Å². The van der Waals surface area contributed by atoms with E-state index in [0.717, 1.165) is 18.2 Å². The van der Waals surface area contributed by atoms with Crippen molar-refractivity contribution in [3.8, 4) is 11.6 Å². The Labute approximate surface area is 140 Å². The molecule has 6 heteroatoms. The van der Waals surface area contributed by atoms with Crippen molar-refractivity contribution in [2.75, 3.05) is 18.4 Å². The lowest BCUT2D eigenvalue weighted by Crippen LogP contribution is -2.29. The minimum atomic E-state index is -0.0429. The second kappa shape index (κ2) is 7.44. The molecule has 0 unspecified atom stereocenters. The van der Waals surface area contributed by atoms with Crippen molar-refractivity contribution in [2.45, 2.75) is 12.8 Å². The quantitative estimate of drug-likeness (QED) is 0.815. The van der Waals surface area contributed by atoms with Crippen LogP contribution in [0.3, 0.4) is 0 Å². The fourth-order valence-electron chi connectivity index (χ4n) is 2.07. The summed E-state index contributed by atoms with van der Waals surface area (Å²) in [6, 6.07) is 10.6. The smallest absolute Gasteiger partial charge is 0.238 e. The number of pyridine rings is 1. The average Bonchev–Trinajstić information content (AvgIpc) is 3.36. The summed E-state index contributed by atoms with van der Waals surface area (Å²) in [4.78, 5) is 15.9. The van der Waals surface area contributed by atoms with Gasteiger partial charge in [0.05, 0.1) is 11.6 Å². The zero-order chi connectivity index (χ0) is 16.1. The number of halogens is 1. The van der Waals surface area contributed by atoms with E-state index in [0.29, 0.717) is 23.2 Å².